The predicted molar refractivity (Wildman–Crippen MR) is 41.0 cm³/mol. The van der Waals surface area contributed by atoms with Gasteiger partial charge < -0.3 is 5.32 Å². The second-order valence-corrected chi connectivity index (χ2v) is 2.21. The van der Waals surface area contributed by atoms with Crippen LogP contribution in [0.2, 0.25) is 0 Å². The number of aromatic nitrogens is 2. The zero-order valence-electron chi connectivity index (χ0n) is 6.35. The van der Waals surface area contributed by atoms with Crippen molar-refractivity contribution in [1.29, 1.82) is 0 Å². The van der Waals surface area contributed by atoms with Gasteiger partial charge in [-0.2, -0.15) is 5.10 Å². The zero-order valence-corrected chi connectivity index (χ0v) is 6.35. The van der Waals surface area contributed by atoms with Gasteiger partial charge in [-0.05, 0) is 6.42 Å². The minimum absolute atomic E-state index is 0.00477. The van der Waals surface area contributed by atoms with Crippen molar-refractivity contribution in [3.8, 4) is 0 Å². The molecule has 59 valence electrons. The summed E-state index contributed by atoms with van der Waals surface area (Å²) in [5.74, 6) is 0.00477. The Balaban J connectivity index is 2.37. The van der Waals surface area contributed by atoms with Crippen molar-refractivity contribution >= 4 is 11.6 Å². The van der Waals surface area contributed by atoms with Crippen molar-refractivity contribution in [3.05, 3.63) is 12.4 Å². The molecule has 0 aliphatic rings. The number of amides is 1. The van der Waals surface area contributed by atoms with E-state index in [0.717, 1.165) is 6.42 Å². The maximum Gasteiger partial charge on any atom is 0.224 e. The van der Waals surface area contributed by atoms with Gasteiger partial charge >= 0.3 is 0 Å². The molecule has 0 aromatic carbocycles. The average molecular weight is 152 g/mol. The number of nitrogens with zero attached hydrogens (tertiary/aromatic N) is 1. The summed E-state index contributed by atoms with van der Waals surface area (Å²) in [6.45, 7) is 1.96. The summed E-state index contributed by atoms with van der Waals surface area (Å²) < 4.78 is 0. The van der Waals surface area contributed by atoms with E-state index in [1.807, 2.05) is 6.92 Å². The number of carbonyl (C=O) groups is 1. The second-order valence-electron chi connectivity index (χ2n) is 2.21. The third kappa shape index (κ3) is 2.41. The van der Waals surface area contributed by atoms with Crippen LogP contribution in [0.5, 0.6) is 0 Å². The highest BCUT2D eigenvalue weighted by atomic mass is 16.1. The molecule has 1 rings (SSSR count). The summed E-state index contributed by atoms with van der Waals surface area (Å²) in [7, 11) is 0. The predicted octanol–water partition coefficient (Wildman–Crippen LogP) is 0.948. The number of anilines is 1. The van der Waals surface area contributed by atoms with Crippen molar-refractivity contribution in [2.24, 2.45) is 0 Å². The molecule has 11 heavy (non-hydrogen) atoms. The molecule has 0 saturated carbocycles. The maximum atomic E-state index is 10.9. The lowest BCUT2D eigenvalue weighted by molar-refractivity contribution is -0.116. The molecule has 4 heteroatoms. The van der Waals surface area contributed by atoms with Crippen molar-refractivity contribution in [2.45, 2.75) is 19.8 Å². The SMILES string of the molecule is CCCC(=O)Nc1[c]n[nH]c1. The van der Waals surface area contributed by atoms with E-state index in [1.165, 1.54) is 0 Å². The lowest BCUT2D eigenvalue weighted by atomic mass is 10.3. The largest absolute Gasteiger partial charge is 0.323 e. The first kappa shape index (κ1) is 7.78. The number of rotatable bonds is 3. The summed E-state index contributed by atoms with van der Waals surface area (Å²) in [4.78, 5) is 10.9. The van der Waals surface area contributed by atoms with Gasteiger partial charge in [0.05, 0.1) is 5.69 Å². The lowest BCUT2D eigenvalue weighted by Crippen LogP contribution is -2.09. The van der Waals surface area contributed by atoms with Gasteiger partial charge in [0.15, 0.2) is 0 Å². The van der Waals surface area contributed by atoms with Crippen LogP contribution in [0.15, 0.2) is 6.20 Å². The highest BCUT2D eigenvalue weighted by Crippen LogP contribution is 2.01. The first-order valence-corrected chi connectivity index (χ1v) is 3.54. The molecule has 1 radical (unpaired) electrons. The molecule has 0 saturated heterocycles. The fraction of sp³-hybridized carbons (Fsp3) is 0.429. The van der Waals surface area contributed by atoms with Crippen LogP contribution < -0.4 is 5.32 Å². The molecule has 0 spiro atoms. The van der Waals surface area contributed by atoms with E-state index >= 15 is 0 Å². The molecule has 4 nitrogen and oxygen atoms in total. The van der Waals surface area contributed by atoms with Gasteiger partial charge in [0.25, 0.3) is 0 Å². The summed E-state index contributed by atoms with van der Waals surface area (Å²) in [6, 6.07) is 0. The summed E-state index contributed by atoms with van der Waals surface area (Å²) in [5, 5.41) is 8.76. The molecule has 0 atom stereocenters. The van der Waals surface area contributed by atoms with Crippen LogP contribution in [0.1, 0.15) is 19.8 Å². The van der Waals surface area contributed by atoms with E-state index in [4.69, 9.17) is 0 Å². The quantitative estimate of drug-likeness (QED) is 0.677. The van der Waals surface area contributed by atoms with Crippen LogP contribution in [0.4, 0.5) is 5.69 Å². The molecule has 0 bridgehead atoms. The normalized spacial score (nSPS) is 9.55. The molecule has 0 aliphatic carbocycles. The lowest BCUT2D eigenvalue weighted by Gasteiger charge is -1.97. The fourth-order valence-corrected chi connectivity index (χ4v) is 0.725. The number of hydrogen-bond donors (Lipinski definition) is 2. The van der Waals surface area contributed by atoms with Crippen molar-refractivity contribution in [3.63, 3.8) is 0 Å². The maximum absolute atomic E-state index is 10.9. The topological polar surface area (TPSA) is 57.8 Å². The van der Waals surface area contributed by atoms with Gasteiger partial charge in [0.2, 0.25) is 5.91 Å². The minimum atomic E-state index is 0.00477. The Morgan fingerprint density at radius 1 is 1.91 bits per heavy atom. The Kier molecular flexibility index (Phi) is 2.66. The number of hydrogen-bond acceptors (Lipinski definition) is 2. The van der Waals surface area contributed by atoms with E-state index in [1.54, 1.807) is 6.20 Å². The van der Waals surface area contributed by atoms with E-state index in [-0.39, 0.29) is 5.91 Å². The molecule has 1 aromatic heterocycles. The van der Waals surface area contributed by atoms with Crippen LogP contribution >= 0.6 is 0 Å². The van der Waals surface area contributed by atoms with Crippen LogP contribution in [-0.4, -0.2) is 16.1 Å². The van der Waals surface area contributed by atoms with Crippen molar-refractivity contribution in [1.82, 2.24) is 10.2 Å². The van der Waals surface area contributed by atoms with E-state index in [0.29, 0.717) is 12.1 Å². The molecular weight excluding hydrogens is 142 g/mol. The first-order valence-electron chi connectivity index (χ1n) is 3.54. The van der Waals surface area contributed by atoms with E-state index < -0.39 is 0 Å². The van der Waals surface area contributed by atoms with Gasteiger partial charge in [-0.1, -0.05) is 6.92 Å². The van der Waals surface area contributed by atoms with Gasteiger partial charge in [-0.25, -0.2) is 0 Å². The van der Waals surface area contributed by atoms with Crippen molar-refractivity contribution in [2.75, 3.05) is 5.32 Å². The van der Waals surface area contributed by atoms with Crippen molar-refractivity contribution < 1.29 is 4.79 Å². The molecule has 1 aromatic rings. The number of carbonyl (C=O) groups excluding carboxylic acids is 1. The van der Waals surface area contributed by atoms with E-state index in [9.17, 15) is 4.79 Å². The average Bonchev–Trinajstić information content (AvgIpc) is 2.40. The summed E-state index contributed by atoms with van der Waals surface area (Å²) in [6.07, 6.45) is 5.57. The highest BCUT2D eigenvalue weighted by molar-refractivity contribution is 5.90. The van der Waals surface area contributed by atoms with Crippen LogP contribution in [0.25, 0.3) is 0 Å². The number of H-pyrrole nitrogens is 1. The Bertz CT molecular complexity index is 218. The monoisotopic (exact) mass is 152 g/mol. The van der Waals surface area contributed by atoms with Crippen LogP contribution in [0, 0.1) is 6.20 Å². The first-order chi connectivity index (χ1) is 5.33. The number of nitrogens with one attached hydrogen (secondary N) is 2. The zero-order chi connectivity index (χ0) is 8.10. The Hall–Kier alpha value is -1.32. The summed E-state index contributed by atoms with van der Waals surface area (Å²) >= 11 is 0. The molecule has 1 amide bonds. The third-order valence-corrected chi connectivity index (χ3v) is 1.20. The minimum Gasteiger partial charge on any atom is -0.323 e. The Morgan fingerprint density at radius 3 is 3.27 bits per heavy atom. The van der Waals surface area contributed by atoms with Gasteiger partial charge in [-0.3, -0.25) is 9.89 Å². The van der Waals surface area contributed by atoms with E-state index in [2.05, 4.69) is 21.7 Å². The smallest absolute Gasteiger partial charge is 0.224 e. The Labute approximate surface area is 65.0 Å². The third-order valence-electron chi connectivity index (χ3n) is 1.20. The molecule has 0 unspecified atom stereocenters. The summed E-state index contributed by atoms with van der Waals surface area (Å²) in [5.41, 5.74) is 0.600. The van der Waals surface area contributed by atoms with Crippen LogP contribution in [-0.2, 0) is 4.79 Å². The molecule has 0 aliphatic heterocycles. The standard InChI is InChI=1S/C7H10N3O/c1-2-3-7(11)10-6-4-8-9-5-6/h4H,2-3H2,1H3,(H,8,9)(H,10,11). The number of aromatic amines is 1. The van der Waals surface area contributed by atoms with Crippen LogP contribution in [0.3, 0.4) is 0 Å². The Morgan fingerprint density at radius 2 is 2.73 bits per heavy atom. The second kappa shape index (κ2) is 3.75. The fourth-order valence-electron chi connectivity index (χ4n) is 0.725. The molecular formula is C7H10N3O. The van der Waals surface area contributed by atoms with Gasteiger partial charge in [0.1, 0.15) is 6.20 Å². The molecule has 0 fully saturated rings. The highest BCUT2D eigenvalue weighted by Gasteiger charge is 2.00. The molecule has 1 heterocycles. The van der Waals surface area contributed by atoms with Gasteiger partial charge in [0, 0.05) is 12.6 Å². The van der Waals surface area contributed by atoms with Gasteiger partial charge in [-0.15, -0.1) is 0 Å². The molecule has 2 N–H and O–H groups in total.